The van der Waals surface area contributed by atoms with Crippen LogP contribution in [0.3, 0.4) is 0 Å². The van der Waals surface area contributed by atoms with Crippen LogP contribution in [0.4, 0.5) is 0 Å². The van der Waals surface area contributed by atoms with Crippen molar-refractivity contribution in [1.82, 2.24) is 0 Å². The molecule has 0 fully saturated rings. The van der Waals surface area contributed by atoms with Gasteiger partial charge in [0.1, 0.15) is 12.6 Å². The molecule has 0 heterocycles. The van der Waals surface area contributed by atoms with Gasteiger partial charge in [-0.1, -0.05) is 12.2 Å². The number of rotatable bonds is 5. The number of ether oxygens (including phenoxy) is 1. The van der Waals surface area contributed by atoms with E-state index in [4.69, 9.17) is 16.6 Å². The van der Waals surface area contributed by atoms with Gasteiger partial charge >= 0.3 is 5.97 Å². The van der Waals surface area contributed by atoms with Crippen molar-refractivity contribution in [3.8, 4) is 0 Å². The molecule has 13 heavy (non-hydrogen) atoms. The molecule has 0 aliphatic rings. The summed E-state index contributed by atoms with van der Waals surface area (Å²) in [6.07, 6.45) is 3.09. The average Bonchev–Trinajstić information content (AvgIpc) is 2.10. The van der Waals surface area contributed by atoms with E-state index in [2.05, 4.69) is 4.74 Å². The van der Waals surface area contributed by atoms with Crippen molar-refractivity contribution in [3.05, 3.63) is 12.2 Å². The second kappa shape index (κ2) is 6.59. The molecule has 0 bridgehead atoms. The molecule has 5 nitrogen and oxygen atoms in total. The molecule has 0 aromatic rings. The molecule has 0 aliphatic heterocycles. The summed E-state index contributed by atoms with van der Waals surface area (Å²) in [6.45, 7) is 1.54. The fourth-order valence-electron chi connectivity index (χ4n) is 0.616. The second-order valence-corrected chi connectivity index (χ2v) is 2.66. The lowest BCUT2D eigenvalue weighted by Gasteiger charge is -2.06. The quantitative estimate of drug-likeness (QED) is 0.370. The summed E-state index contributed by atoms with van der Waals surface area (Å²) in [4.78, 5) is 11.0. The van der Waals surface area contributed by atoms with E-state index >= 15 is 0 Å². The summed E-state index contributed by atoms with van der Waals surface area (Å²) < 4.78 is 4.58. The molecule has 2 atom stereocenters. The predicted octanol–water partition coefficient (Wildman–Crippen LogP) is -1.25. The first-order valence-corrected chi connectivity index (χ1v) is 4.05. The number of carbonyl (C=O) groups is 1. The van der Waals surface area contributed by atoms with E-state index in [1.807, 2.05) is 0 Å². The number of esters is 1. The largest absolute Gasteiger partial charge is 0.462 e. The molecule has 76 valence electrons. The summed E-state index contributed by atoms with van der Waals surface area (Å²) in [5.41, 5.74) is 10.8. The Morgan fingerprint density at radius 2 is 2.15 bits per heavy atom. The van der Waals surface area contributed by atoms with E-state index in [-0.39, 0.29) is 19.3 Å². The van der Waals surface area contributed by atoms with Crippen molar-refractivity contribution in [1.29, 1.82) is 0 Å². The molecule has 0 aromatic carbocycles. The highest BCUT2D eigenvalue weighted by Crippen LogP contribution is 1.89. The van der Waals surface area contributed by atoms with Crippen LogP contribution in [0.1, 0.15) is 6.92 Å². The SMILES string of the molecule is C[C@H](N)/C=C\C(N)C(=O)OCCO. The number of carbonyl (C=O) groups excluding carboxylic acids is 1. The number of aliphatic hydroxyl groups excluding tert-OH is 1. The Bertz CT molecular complexity index is 180. The van der Waals surface area contributed by atoms with Crippen molar-refractivity contribution in [3.63, 3.8) is 0 Å². The predicted molar refractivity (Wildman–Crippen MR) is 48.8 cm³/mol. The van der Waals surface area contributed by atoms with Gasteiger partial charge in [0.05, 0.1) is 6.61 Å². The van der Waals surface area contributed by atoms with Crippen molar-refractivity contribution < 1.29 is 14.6 Å². The van der Waals surface area contributed by atoms with Crippen LogP contribution >= 0.6 is 0 Å². The van der Waals surface area contributed by atoms with Crippen molar-refractivity contribution in [2.45, 2.75) is 19.0 Å². The molecule has 0 rings (SSSR count). The van der Waals surface area contributed by atoms with Crippen LogP contribution in [-0.4, -0.2) is 36.4 Å². The zero-order valence-electron chi connectivity index (χ0n) is 7.64. The van der Waals surface area contributed by atoms with Gasteiger partial charge in [0, 0.05) is 6.04 Å². The minimum absolute atomic E-state index is 0.0292. The van der Waals surface area contributed by atoms with Crippen LogP contribution in [0.15, 0.2) is 12.2 Å². The zero-order valence-corrected chi connectivity index (χ0v) is 7.64. The normalized spacial score (nSPS) is 15.7. The molecule has 0 aliphatic carbocycles. The number of hydrogen-bond donors (Lipinski definition) is 3. The highest BCUT2D eigenvalue weighted by molar-refractivity contribution is 5.77. The topological polar surface area (TPSA) is 98.6 Å². The van der Waals surface area contributed by atoms with Gasteiger partial charge in [-0.25, -0.2) is 0 Å². The van der Waals surface area contributed by atoms with Gasteiger partial charge in [-0.15, -0.1) is 0 Å². The Labute approximate surface area is 77.4 Å². The summed E-state index contributed by atoms with van der Waals surface area (Å²) in [7, 11) is 0. The number of hydrogen-bond acceptors (Lipinski definition) is 5. The van der Waals surface area contributed by atoms with E-state index in [0.29, 0.717) is 0 Å². The van der Waals surface area contributed by atoms with Gasteiger partial charge in [0.2, 0.25) is 0 Å². The van der Waals surface area contributed by atoms with Crippen molar-refractivity contribution in [2.75, 3.05) is 13.2 Å². The molecule has 0 aromatic heterocycles. The molecular weight excluding hydrogens is 172 g/mol. The Hall–Kier alpha value is -0.910. The fourth-order valence-corrected chi connectivity index (χ4v) is 0.616. The smallest absolute Gasteiger partial charge is 0.327 e. The molecule has 0 amide bonds. The van der Waals surface area contributed by atoms with Crippen LogP contribution < -0.4 is 11.5 Å². The summed E-state index contributed by atoms with van der Waals surface area (Å²) in [6, 6.07) is -0.950. The minimum Gasteiger partial charge on any atom is -0.462 e. The first kappa shape index (κ1) is 12.1. The maximum absolute atomic E-state index is 11.0. The van der Waals surface area contributed by atoms with Gasteiger partial charge in [0.15, 0.2) is 0 Å². The first-order chi connectivity index (χ1) is 6.07. The maximum atomic E-state index is 11.0. The summed E-state index contributed by atoms with van der Waals surface area (Å²) in [5, 5.41) is 8.36. The van der Waals surface area contributed by atoms with Crippen LogP contribution in [0.5, 0.6) is 0 Å². The summed E-state index contributed by atoms with van der Waals surface area (Å²) >= 11 is 0. The van der Waals surface area contributed by atoms with E-state index < -0.39 is 12.0 Å². The molecule has 5 N–H and O–H groups in total. The van der Waals surface area contributed by atoms with Gasteiger partial charge in [-0.05, 0) is 6.92 Å². The third-order valence-electron chi connectivity index (χ3n) is 1.23. The van der Waals surface area contributed by atoms with Gasteiger partial charge < -0.3 is 21.3 Å². The van der Waals surface area contributed by atoms with E-state index in [9.17, 15) is 4.79 Å². The van der Waals surface area contributed by atoms with E-state index in [1.54, 1.807) is 13.0 Å². The fraction of sp³-hybridized carbons (Fsp3) is 0.625. The average molecular weight is 188 g/mol. The Morgan fingerprint density at radius 1 is 1.54 bits per heavy atom. The van der Waals surface area contributed by atoms with Crippen LogP contribution in [0.2, 0.25) is 0 Å². The highest BCUT2D eigenvalue weighted by Gasteiger charge is 2.10. The third-order valence-corrected chi connectivity index (χ3v) is 1.23. The van der Waals surface area contributed by atoms with Crippen LogP contribution in [0.25, 0.3) is 0 Å². The minimum atomic E-state index is -0.808. The monoisotopic (exact) mass is 188 g/mol. The van der Waals surface area contributed by atoms with Gasteiger partial charge in [-0.2, -0.15) is 0 Å². The van der Waals surface area contributed by atoms with Gasteiger partial charge in [-0.3, -0.25) is 4.79 Å². The summed E-state index contributed by atoms with van der Waals surface area (Å²) in [5.74, 6) is -0.564. The molecule has 0 radical (unpaired) electrons. The van der Waals surface area contributed by atoms with Crippen LogP contribution in [-0.2, 0) is 9.53 Å². The van der Waals surface area contributed by atoms with Crippen LogP contribution in [0, 0.1) is 0 Å². The molecule has 0 saturated carbocycles. The standard InChI is InChI=1S/C8H16N2O3/c1-6(9)2-3-7(10)8(12)13-5-4-11/h2-3,6-7,11H,4-5,9-10H2,1H3/b3-2-/t6-,7?/m0/s1. The van der Waals surface area contributed by atoms with E-state index in [1.165, 1.54) is 6.08 Å². The third kappa shape index (κ3) is 6.27. The molecular formula is C8H16N2O3. The highest BCUT2D eigenvalue weighted by atomic mass is 16.5. The molecule has 1 unspecified atom stereocenters. The number of nitrogens with two attached hydrogens (primary N) is 2. The molecule has 0 saturated heterocycles. The van der Waals surface area contributed by atoms with Gasteiger partial charge in [0.25, 0.3) is 0 Å². The molecule has 0 spiro atoms. The van der Waals surface area contributed by atoms with E-state index in [0.717, 1.165) is 0 Å². The maximum Gasteiger partial charge on any atom is 0.327 e. The first-order valence-electron chi connectivity index (χ1n) is 4.05. The zero-order chi connectivity index (χ0) is 10.3. The Balaban J connectivity index is 3.82. The lowest BCUT2D eigenvalue weighted by atomic mass is 10.2. The lowest BCUT2D eigenvalue weighted by molar-refractivity contribution is -0.144. The van der Waals surface area contributed by atoms with Crippen molar-refractivity contribution >= 4 is 5.97 Å². The Morgan fingerprint density at radius 3 is 2.62 bits per heavy atom. The number of aliphatic hydroxyl groups is 1. The second-order valence-electron chi connectivity index (χ2n) is 2.66. The molecule has 5 heteroatoms. The lowest BCUT2D eigenvalue weighted by Crippen LogP contribution is -2.31. The Kier molecular flexibility index (Phi) is 6.13. The van der Waals surface area contributed by atoms with Crippen molar-refractivity contribution in [2.24, 2.45) is 11.5 Å².